The van der Waals surface area contributed by atoms with Crippen molar-refractivity contribution in [3.05, 3.63) is 53.4 Å². The van der Waals surface area contributed by atoms with Gasteiger partial charge >= 0.3 is 0 Å². The zero-order chi connectivity index (χ0) is 11.4. The van der Waals surface area contributed by atoms with Crippen LogP contribution >= 0.6 is 0 Å². The average Bonchev–Trinajstić information content (AvgIpc) is 2.39. The summed E-state index contributed by atoms with van der Waals surface area (Å²) in [5.41, 5.74) is 3.69. The maximum atomic E-state index is 10.3. The van der Waals surface area contributed by atoms with Crippen LogP contribution in [-0.2, 0) is 0 Å². The minimum Gasteiger partial charge on any atom is -0.388 e. The number of para-hydroxylation sites is 1. The Balaban J connectivity index is 2.45. The van der Waals surface area contributed by atoms with E-state index in [2.05, 4.69) is 10.5 Å². The maximum absolute atomic E-state index is 10.3. The molecule has 16 heavy (non-hydrogen) atoms. The average molecular weight is 212 g/mol. The van der Waals surface area contributed by atoms with E-state index in [1.165, 1.54) is 0 Å². The van der Waals surface area contributed by atoms with Crippen LogP contribution in [-0.4, -0.2) is 7.05 Å². The topological polar surface area (TPSA) is 41.5 Å². The van der Waals surface area contributed by atoms with Crippen molar-refractivity contribution in [1.82, 2.24) is 0 Å². The van der Waals surface area contributed by atoms with Gasteiger partial charge in [0.25, 0.3) is 0 Å². The zero-order valence-electron chi connectivity index (χ0n) is 8.97. The molecule has 0 saturated carbocycles. The fourth-order valence-electron chi connectivity index (χ4n) is 1.65. The Hall–Kier alpha value is -2.16. The molecule has 2 aromatic rings. The fraction of sp³-hybridized carbons (Fsp3) is 0.0769. The summed E-state index contributed by atoms with van der Waals surface area (Å²) < 4.78 is 0. The van der Waals surface area contributed by atoms with Crippen LogP contribution in [0, 0.1) is 4.91 Å². The second-order valence-corrected chi connectivity index (χ2v) is 3.43. The standard InChI is InChI=1S/C13H12N2O/c1-14-13-5-3-2-4-12(13)10-6-8-11(15-16)9-7-10/h2-9,14H,1H3. The third kappa shape index (κ3) is 1.93. The largest absolute Gasteiger partial charge is 0.388 e. The number of nitrogens with one attached hydrogen (secondary N) is 1. The summed E-state index contributed by atoms with van der Waals surface area (Å²) in [7, 11) is 1.89. The molecule has 0 atom stereocenters. The van der Waals surface area contributed by atoms with Crippen molar-refractivity contribution in [2.75, 3.05) is 12.4 Å². The van der Waals surface area contributed by atoms with Crippen molar-refractivity contribution >= 4 is 11.4 Å². The maximum Gasteiger partial charge on any atom is 0.108 e. The first-order valence-electron chi connectivity index (χ1n) is 5.05. The van der Waals surface area contributed by atoms with Gasteiger partial charge in [0.05, 0.1) is 0 Å². The highest BCUT2D eigenvalue weighted by atomic mass is 16.3. The molecule has 0 radical (unpaired) electrons. The molecular formula is C13H12N2O. The normalized spacial score (nSPS) is 9.81. The SMILES string of the molecule is CNc1ccccc1-c1ccc(N=O)cc1. The molecule has 0 fully saturated rings. The van der Waals surface area contributed by atoms with E-state index in [9.17, 15) is 4.91 Å². The van der Waals surface area contributed by atoms with Crippen LogP contribution in [0.25, 0.3) is 11.1 Å². The van der Waals surface area contributed by atoms with Crippen molar-refractivity contribution in [1.29, 1.82) is 0 Å². The lowest BCUT2D eigenvalue weighted by molar-refractivity contribution is 1.47. The Kier molecular flexibility index (Phi) is 2.96. The molecule has 1 N–H and O–H groups in total. The number of benzene rings is 2. The number of hydrogen-bond donors (Lipinski definition) is 1. The smallest absolute Gasteiger partial charge is 0.108 e. The molecule has 0 aliphatic rings. The van der Waals surface area contributed by atoms with Gasteiger partial charge in [-0.25, -0.2) is 0 Å². The molecule has 0 amide bonds. The highest BCUT2D eigenvalue weighted by molar-refractivity contribution is 5.78. The van der Waals surface area contributed by atoms with E-state index in [1.54, 1.807) is 12.1 Å². The highest BCUT2D eigenvalue weighted by Crippen LogP contribution is 2.28. The monoisotopic (exact) mass is 212 g/mol. The lowest BCUT2D eigenvalue weighted by atomic mass is 10.0. The fourth-order valence-corrected chi connectivity index (χ4v) is 1.65. The Morgan fingerprint density at radius 1 is 1.00 bits per heavy atom. The summed E-state index contributed by atoms with van der Waals surface area (Å²) in [6, 6.07) is 15.2. The molecular weight excluding hydrogens is 200 g/mol. The molecule has 0 aliphatic heterocycles. The number of rotatable bonds is 3. The van der Waals surface area contributed by atoms with Gasteiger partial charge in [0.1, 0.15) is 5.69 Å². The quantitative estimate of drug-likeness (QED) is 0.786. The van der Waals surface area contributed by atoms with Crippen LogP contribution in [0.5, 0.6) is 0 Å². The van der Waals surface area contributed by atoms with Gasteiger partial charge in [0, 0.05) is 18.3 Å². The van der Waals surface area contributed by atoms with Crippen LogP contribution in [0.15, 0.2) is 53.7 Å². The highest BCUT2D eigenvalue weighted by Gasteiger charge is 2.02. The Morgan fingerprint density at radius 3 is 2.31 bits per heavy atom. The molecule has 0 spiro atoms. The first-order chi connectivity index (χ1) is 7.85. The lowest BCUT2D eigenvalue weighted by Gasteiger charge is -2.08. The van der Waals surface area contributed by atoms with Crippen molar-refractivity contribution < 1.29 is 0 Å². The third-order valence-electron chi connectivity index (χ3n) is 2.48. The molecule has 0 aliphatic carbocycles. The van der Waals surface area contributed by atoms with Gasteiger partial charge in [-0.1, -0.05) is 30.3 Å². The van der Waals surface area contributed by atoms with E-state index in [0.717, 1.165) is 16.8 Å². The molecule has 3 heteroatoms. The summed E-state index contributed by atoms with van der Waals surface area (Å²) in [6.07, 6.45) is 0. The summed E-state index contributed by atoms with van der Waals surface area (Å²) in [5, 5.41) is 6.02. The van der Waals surface area contributed by atoms with Crippen LogP contribution in [0.2, 0.25) is 0 Å². The van der Waals surface area contributed by atoms with Crippen LogP contribution in [0.3, 0.4) is 0 Å². The minimum absolute atomic E-state index is 0.450. The summed E-state index contributed by atoms with van der Waals surface area (Å²) in [5.74, 6) is 0. The van der Waals surface area contributed by atoms with E-state index in [4.69, 9.17) is 0 Å². The van der Waals surface area contributed by atoms with Gasteiger partial charge < -0.3 is 5.32 Å². The van der Waals surface area contributed by atoms with Gasteiger partial charge in [0.15, 0.2) is 0 Å². The molecule has 0 unspecified atom stereocenters. The van der Waals surface area contributed by atoms with Gasteiger partial charge in [-0.15, -0.1) is 4.91 Å². The third-order valence-corrected chi connectivity index (χ3v) is 2.48. The first-order valence-corrected chi connectivity index (χ1v) is 5.05. The van der Waals surface area contributed by atoms with Crippen LogP contribution in [0.1, 0.15) is 0 Å². The number of nitroso groups, excluding NO2 is 1. The molecule has 3 nitrogen and oxygen atoms in total. The van der Waals surface area contributed by atoms with Crippen LogP contribution in [0.4, 0.5) is 11.4 Å². The van der Waals surface area contributed by atoms with Crippen molar-refractivity contribution in [2.24, 2.45) is 5.18 Å². The van der Waals surface area contributed by atoms with E-state index >= 15 is 0 Å². The molecule has 0 bridgehead atoms. The lowest BCUT2D eigenvalue weighted by Crippen LogP contribution is -1.90. The first kappa shape index (κ1) is 10.4. The van der Waals surface area contributed by atoms with E-state index in [1.807, 2.05) is 43.4 Å². The Bertz CT molecular complexity index is 492. The van der Waals surface area contributed by atoms with Crippen molar-refractivity contribution in [3.8, 4) is 11.1 Å². The Morgan fingerprint density at radius 2 is 1.69 bits per heavy atom. The van der Waals surface area contributed by atoms with Crippen molar-refractivity contribution in [2.45, 2.75) is 0 Å². The Labute approximate surface area is 94.1 Å². The van der Waals surface area contributed by atoms with E-state index in [0.29, 0.717) is 5.69 Å². The number of anilines is 1. The molecule has 0 heterocycles. The minimum atomic E-state index is 0.450. The summed E-state index contributed by atoms with van der Waals surface area (Å²) >= 11 is 0. The predicted molar refractivity (Wildman–Crippen MR) is 66.9 cm³/mol. The molecule has 0 aromatic heterocycles. The molecule has 0 saturated heterocycles. The number of hydrogen-bond acceptors (Lipinski definition) is 3. The molecule has 80 valence electrons. The zero-order valence-corrected chi connectivity index (χ0v) is 8.97. The van der Waals surface area contributed by atoms with Crippen LogP contribution < -0.4 is 5.32 Å². The number of nitrogens with zero attached hydrogens (tertiary/aromatic N) is 1. The van der Waals surface area contributed by atoms with Gasteiger partial charge in [-0.3, -0.25) is 0 Å². The van der Waals surface area contributed by atoms with Gasteiger partial charge in [-0.05, 0) is 28.9 Å². The second-order valence-electron chi connectivity index (χ2n) is 3.43. The molecule has 2 aromatic carbocycles. The van der Waals surface area contributed by atoms with Gasteiger partial charge in [0.2, 0.25) is 0 Å². The molecule has 2 rings (SSSR count). The second kappa shape index (κ2) is 4.57. The van der Waals surface area contributed by atoms with E-state index in [-0.39, 0.29) is 0 Å². The van der Waals surface area contributed by atoms with Crippen molar-refractivity contribution in [3.63, 3.8) is 0 Å². The van der Waals surface area contributed by atoms with Gasteiger partial charge in [-0.2, -0.15) is 0 Å². The van der Waals surface area contributed by atoms with E-state index < -0.39 is 0 Å². The summed E-state index contributed by atoms with van der Waals surface area (Å²) in [4.78, 5) is 10.3. The predicted octanol–water partition coefficient (Wildman–Crippen LogP) is 3.79. The summed E-state index contributed by atoms with van der Waals surface area (Å²) in [6.45, 7) is 0.